The van der Waals surface area contributed by atoms with Gasteiger partial charge in [-0.1, -0.05) is 6.08 Å². The minimum Gasteiger partial charge on any atom is -0.367 e. The number of hydrogen-bond donors (Lipinski definition) is 1. The van der Waals surface area contributed by atoms with Gasteiger partial charge >= 0.3 is 0 Å². The van der Waals surface area contributed by atoms with Gasteiger partial charge in [-0.2, -0.15) is 0 Å². The summed E-state index contributed by atoms with van der Waals surface area (Å²) in [6, 6.07) is 0. The summed E-state index contributed by atoms with van der Waals surface area (Å²) in [6.07, 6.45) is 3.53. The van der Waals surface area contributed by atoms with Crippen LogP contribution in [0, 0.1) is 5.41 Å². The first-order valence-corrected chi connectivity index (χ1v) is 3.04. The van der Waals surface area contributed by atoms with Crippen LogP contribution in [-0.4, -0.2) is 24.8 Å². The maximum atomic E-state index is 7.32. The van der Waals surface area contributed by atoms with E-state index < -0.39 is 0 Å². The monoisotopic (exact) mass is 126 g/mol. The Morgan fingerprint density at radius 2 is 2.22 bits per heavy atom. The molecule has 0 unspecified atom stereocenters. The van der Waals surface area contributed by atoms with Crippen molar-refractivity contribution in [1.82, 2.24) is 4.90 Å². The van der Waals surface area contributed by atoms with E-state index in [1.165, 1.54) is 0 Å². The van der Waals surface area contributed by atoms with Gasteiger partial charge in [0.15, 0.2) is 0 Å². The molecule has 0 aliphatic carbocycles. The normalized spacial score (nSPS) is 8.67. The molecule has 2 heteroatoms. The van der Waals surface area contributed by atoms with Gasteiger partial charge in [-0.05, 0) is 6.42 Å². The van der Waals surface area contributed by atoms with Crippen molar-refractivity contribution in [2.75, 3.05) is 14.1 Å². The first-order valence-electron chi connectivity index (χ1n) is 3.04. The molecule has 0 saturated carbocycles. The van der Waals surface area contributed by atoms with Crippen molar-refractivity contribution in [3.63, 3.8) is 0 Å². The number of nitrogens with one attached hydrogen (secondary N) is 1. The van der Waals surface area contributed by atoms with Gasteiger partial charge in [0.25, 0.3) is 0 Å². The van der Waals surface area contributed by atoms with E-state index >= 15 is 0 Å². The summed E-state index contributed by atoms with van der Waals surface area (Å²) in [7, 11) is 3.76. The Kier molecular flexibility index (Phi) is 3.76. The minimum absolute atomic E-state index is 0.662. The number of allylic oxidation sites excluding steroid dienone is 1. The second-order valence-electron chi connectivity index (χ2n) is 2.17. The van der Waals surface area contributed by atoms with Crippen molar-refractivity contribution in [3.8, 4) is 0 Å². The predicted octanol–water partition coefficient (Wildman–Crippen LogP) is 1.49. The molecule has 0 atom stereocenters. The van der Waals surface area contributed by atoms with Crippen LogP contribution < -0.4 is 0 Å². The number of nitrogens with zero attached hydrogens (tertiary/aromatic N) is 1. The van der Waals surface area contributed by atoms with Gasteiger partial charge in [-0.15, -0.1) is 6.58 Å². The Bertz CT molecular complexity index is 105. The smallest absolute Gasteiger partial charge is 0.0955 e. The fourth-order valence-electron chi connectivity index (χ4n) is 0.462. The van der Waals surface area contributed by atoms with Crippen molar-refractivity contribution in [3.05, 3.63) is 12.7 Å². The topological polar surface area (TPSA) is 27.1 Å². The van der Waals surface area contributed by atoms with Crippen LogP contribution in [0.3, 0.4) is 0 Å². The van der Waals surface area contributed by atoms with E-state index in [1.807, 2.05) is 25.1 Å². The molecule has 0 aliphatic heterocycles. The summed E-state index contributed by atoms with van der Waals surface area (Å²) >= 11 is 0. The third-order valence-corrected chi connectivity index (χ3v) is 1.13. The van der Waals surface area contributed by atoms with Crippen LogP contribution in [0.4, 0.5) is 0 Å². The minimum atomic E-state index is 0.662. The Morgan fingerprint density at radius 3 is 2.56 bits per heavy atom. The Hall–Kier alpha value is -0.790. The largest absolute Gasteiger partial charge is 0.367 e. The number of rotatable bonds is 3. The van der Waals surface area contributed by atoms with Gasteiger partial charge in [0, 0.05) is 20.5 Å². The maximum Gasteiger partial charge on any atom is 0.0955 e. The van der Waals surface area contributed by atoms with Crippen LogP contribution in [0.15, 0.2) is 12.7 Å². The molecule has 0 radical (unpaired) electrons. The second kappa shape index (κ2) is 4.13. The summed E-state index contributed by atoms with van der Waals surface area (Å²) in [5.74, 6) is 0.662. The lowest BCUT2D eigenvalue weighted by molar-refractivity contribution is 0.598. The summed E-state index contributed by atoms with van der Waals surface area (Å²) in [5, 5.41) is 7.32. The molecular weight excluding hydrogens is 112 g/mol. The third-order valence-electron chi connectivity index (χ3n) is 1.13. The molecule has 0 aromatic heterocycles. The SMILES string of the molecule is C=CCCC(=N)N(C)C. The van der Waals surface area contributed by atoms with Gasteiger partial charge in [0.05, 0.1) is 5.84 Å². The quantitative estimate of drug-likeness (QED) is 0.346. The van der Waals surface area contributed by atoms with E-state index in [0.717, 1.165) is 12.8 Å². The van der Waals surface area contributed by atoms with Gasteiger partial charge in [0.2, 0.25) is 0 Å². The van der Waals surface area contributed by atoms with Crippen LogP contribution in [0.25, 0.3) is 0 Å². The lowest BCUT2D eigenvalue weighted by atomic mass is 10.3. The highest BCUT2D eigenvalue weighted by Crippen LogP contribution is 1.92. The van der Waals surface area contributed by atoms with Crippen molar-refractivity contribution in [2.45, 2.75) is 12.8 Å². The van der Waals surface area contributed by atoms with Crippen LogP contribution in [-0.2, 0) is 0 Å². The van der Waals surface area contributed by atoms with Gasteiger partial charge in [-0.3, -0.25) is 5.41 Å². The van der Waals surface area contributed by atoms with Crippen molar-refractivity contribution in [2.24, 2.45) is 0 Å². The lowest BCUT2D eigenvalue weighted by Crippen LogP contribution is -2.19. The maximum absolute atomic E-state index is 7.32. The van der Waals surface area contributed by atoms with Crippen LogP contribution in [0.1, 0.15) is 12.8 Å². The zero-order chi connectivity index (χ0) is 7.28. The molecule has 0 spiro atoms. The molecule has 0 rings (SSSR count). The van der Waals surface area contributed by atoms with Crippen LogP contribution >= 0.6 is 0 Å². The van der Waals surface area contributed by atoms with Crippen molar-refractivity contribution < 1.29 is 0 Å². The summed E-state index contributed by atoms with van der Waals surface area (Å²) < 4.78 is 0. The summed E-state index contributed by atoms with van der Waals surface area (Å²) in [4.78, 5) is 1.81. The van der Waals surface area contributed by atoms with Gasteiger partial charge in [0.1, 0.15) is 0 Å². The first kappa shape index (κ1) is 8.21. The van der Waals surface area contributed by atoms with E-state index in [2.05, 4.69) is 6.58 Å². The van der Waals surface area contributed by atoms with Gasteiger partial charge in [-0.25, -0.2) is 0 Å². The van der Waals surface area contributed by atoms with E-state index in [9.17, 15) is 0 Å². The molecule has 9 heavy (non-hydrogen) atoms. The molecule has 1 N–H and O–H groups in total. The molecular formula is C7H14N2. The fourth-order valence-corrected chi connectivity index (χ4v) is 0.462. The molecule has 0 fully saturated rings. The Labute approximate surface area is 56.7 Å². The lowest BCUT2D eigenvalue weighted by Gasteiger charge is -2.11. The highest BCUT2D eigenvalue weighted by molar-refractivity contribution is 5.78. The molecule has 2 nitrogen and oxygen atoms in total. The van der Waals surface area contributed by atoms with Crippen molar-refractivity contribution in [1.29, 1.82) is 5.41 Å². The standard InChI is InChI=1S/C7H14N2/c1-4-5-6-7(8)9(2)3/h4,8H,1,5-6H2,2-3H3. The zero-order valence-corrected chi connectivity index (χ0v) is 6.15. The number of amidine groups is 1. The van der Waals surface area contributed by atoms with Crippen LogP contribution in [0.2, 0.25) is 0 Å². The molecule has 0 amide bonds. The second-order valence-corrected chi connectivity index (χ2v) is 2.17. The van der Waals surface area contributed by atoms with E-state index in [4.69, 9.17) is 5.41 Å². The average Bonchev–Trinajstić information content (AvgIpc) is 1.82. The molecule has 0 aliphatic rings. The molecule has 0 aromatic rings. The molecule has 0 aromatic carbocycles. The Balaban J connectivity index is 3.38. The molecule has 0 heterocycles. The Morgan fingerprint density at radius 1 is 1.67 bits per heavy atom. The van der Waals surface area contributed by atoms with Crippen LogP contribution in [0.5, 0.6) is 0 Å². The van der Waals surface area contributed by atoms with E-state index in [0.29, 0.717) is 5.84 Å². The predicted molar refractivity (Wildman–Crippen MR) is 40.8 cm³/mol. The summed E-state index contributed by atoms with van der Waals surface area (Å²) in [6.45, 7) is 3.58. The summed E-state index contributed by atoms with van der Waals surface area (Å²) in [5.41, 5.74) is 0. The average molecular weight is 126 g/mol. The number of hydrogen-bond acceptors (Lipinski definition) is 1. The van der Waals surface area contributed by atoms with E-state index in [1.54, 1.807) is 0 Å². The molecule has 52 valence electrons. The molecule has 0 saturated heterocycles. The third kappa shape index (κ3) is 3.76. The highest BCUT2D eigenvalue weighted by Gasteiger charge is 1.94. The van der Waals surface area contributed by atoms with Crippen molar-refractivity contribution >= 4 is 5.84 Å². The fraction of sp³-hybridized carbons (Fsp3) is 0.571. The van der Waals surface area contributed by atoms with Gasteiger partial charge < -0.3 is 4.90 Å². The molecule has 0 bridgehead atoms. The zero-order valence-electron chi connectivity index (χ0n) is 6.15. The first-order chi connectivity index (χ1) is 4.18. The van der Waals surface area contributed by atoms with E-state index in [-0.39, 0.29) is 0 Å². The highest BCUT2D eigenvalue weighted by atomic mass is 15.1.